The molecule has 1 fully saturated rings. The van der Waals surface area contributed by atoms with Crippen LogP contribution in [0.4, 0.5) is 0 Å². The van der Waals surface area contributed by atoms with E-state index in [2.05, 4.69) is 0 Å². The molecule has 0 saturated carbocycles. The van der Waals surface area contributed by atoms with Crippen molar-refractivity contribution in [2.75, 3.05) is 0 Å². The fourth-order valence-corrected chi connectivity index (χ4v) is 1.54. The van der Waals surface area contributed by atoms with Crippen LogP contribution in [0, 0.1) is 0 Å². The first-order chi connectivity index (χ1) is 5.83. The molecule has 1 aliphatic rings. The lowest BCUT2D eigenvalue weighted by molar-refractivity contribution is -0.137. The van der Waals surface area contributed by atoms with Gasteiger partial charge in [-0.15, -0.1) is 0 Å². The molecule has 0 aliphatic carbocycles. The van der Waals surface area contributed by atoms with Crippen LogP contribution in [0.5, 0.6) is 0 Å². The Balaban J connectivity index is 2.93. The molecule has 3 nitrogen and oxygen atoms in total. The van der Waals surface area contributed by atoms with Crippen LogP contribution in [-0.4, -0.2) is 24.1 Å². The number of hydrogen-bond donors (Lipinski definition) is 0. The lowest BCUT2D eigenvalue weighted by atomic mass is 9.84. The van der Waals surface area contributed by atoms with E-state index in [1.807, 2.05) is 20.8 Å². The minimum absolute atomic E-state index is 0.0217. The van der Waals surface area contributed by atoms with Crippen molar-refractivity contribution in [1.29, 1.82) is 0 Å². The largest absolute Gasteiger partial charge is 0.457 e. The molecule has 74 valence electrons. The second-order valence-corrected chi connectivity index (χ2v) is 4.17. The monoisotopic (exact) mass is 184 g/mol. The molecule has 0 spiro atoms. The summed E-state index contributed by atoms with van der Waals surface area (Å²) in [6, 6.07) is 0. The zero-order valence-corrected chi connectivity index (χ0v) is 9.01. The van der Waals surface area contributed by atoms with Crippen LogP contribution in [0.25, 0.3) is 0 Å². The highest BCUT2D eigenvalue weighted by Crippen LogP contribution is 2.38. The molecule has 1 atom stereocenters. The SMILES string of the molecule is CCB1OC(C)(C)C(C)(C(C)=O)O1. The standard InChI is InChI=1S/C9H17BO3/c1-6-10-12-8(3,4)9(5,13-10)7(2)11/h6H2,1-5H3. The molecule has 0 radical (unpaired) electrons. The van der Waals surface area contributed by atoms with Gasteiger partial charge in [-0.1, -0.05) is 6.92 Å². The van der Waals surface area contributed by atoms with Crippen molar-refractivity contribution in [2.45, 2.75) is 52.1 Å². The quantitative estimate of drug-likeness (QED) is 0.612. The van der Waals surface area contributed by atoms with Crippen molar-refractivity contribution < 1.29 is 14.1 Å². The molecule has 1 unspecified atom stereocenters. The van der Waals surface area contributed by atoms with Gasteiger partial charge in [-0.25, -0.2) is 0 Å². The van der Waals surface area contributed by atoms with Crippen LogP contribution in [0.1, 0.15) is 34.6 Å². The van der Waals surface area contributed by atoms with Crippen molar-refractivity contribution >= 4 is 12.9 Å². The molecule has 0 aromatic carbocycles. The smallest absolute Gasteiger partial charge is 0.403 e. The van der Waals surface area contributed by atoms with Crippen LogP contribution in [0.2, 0.25) is 6.32 Å². The molecule has 1 aliphatic heterocycles. The fraction of sp³-hybridized carbons (Fsp3) is 0.889. The maximum Gasteiger partial charge on any atom is 0.457 e. The first-order valence-electron chi connectivity index (χ1n) is 4.70. The molecule has 13 heavy (non-hydrogen) atoms. The number of carbonyl (C=O) groups is 1. The summed E-state index contributed by atoms with van der Waals surface area (Å²) >= 11 is 0. The first-order valence-corrected chi connectivity index (χ1v) is 4.70. The molecule has 1 rings (SSSR count). The molecular weight excluding hydrogens is 167 g/mol. The number of carbonyl (C=O) groups excluding carboxylic acids is 1. The van der Waals surface area contributed by atoms with Crippen LogP contribution in [-0.2, 0) is 14.1 Å². The topological polar surface area (TPSA) is 35.5 Å². The third kappa shape index (κ3) is 1.53. The van der Waals surface area contributed by atoms with E-state index in [1.165, 1.54) is 0 Å². The van der Waals surface area contributed by atoms with E-state index >= 15 is 0 Å². The Kier molecular flexibility index (Phi) is 2.56. The van der Waals surface area contributed by atoms with Gasteiger partial charge in [0.25, 0.3) is 0 Å². The molecule has 1 saturated heterocycles. The summed E-state index contributed by atoms with van der Waals surface area (Å²) in [5, 5.41) is 0. The van der Waals surface area contributed by atoms with Crippen LogP contribution >= 0.6 is 0 Å². The third-order valence-corrected chi connectivity index (χ3v) is 2.95. The predicted molar refractivity (Wildman–Crippen MR) is 51.6 cm³/mol. The van der Waals surface area contributed by atoms with E-state index in [1.54, 1.807) is 13.8 Å². The summed E-state index contributed by atoms with van der Waals surface area (Å²) in [4.78, 5) is 11.4. The van der Waals surface area contributed by atoms with Crippen LogP contribution in [0.15, 0.2) is 0 Å². The van der Waals surface area contributed by atoms with E-state index < -0.39 is 11.2 Å². The van der Waals surface area contributed by atoms with E-state index in [0.717, 1.165) is 6.32 Å². The zero-order valence-electron chi connectivity index (χ0n) is 9.01. The molecule has 0 aromatic heterocycles. The Morgan fingerprint density at radius 3 is 2.08 bits per heavy atom. The molecule has 0 bridgehead atoms. The van der Waals surface area contributed by atoms with Gasteiger partial charge in [0.15, 0.2) is 5.78 Å². The Hall–Kier alpha value is -0.345. The predicted octanol–water partition coefficient (Wildman–Crippen LogP) is 1.67. The van der Waals surface area contributed by atoms with Crippen molar-refractivity contribution in [3.63, 3.8) is 0 Å². The second-order valence-electron chi connectivity index (χ2n) is 4.17. The molecule has 0 aromatic rings. The number of Topliss-reactive ketones (excluding diaryl/α,β-unsaturated/α-hetero) is 1. The van der Waals surface area contributed by atoms with Gasteiger partial charge in [-0.3, -0.25) is 4.79 Å². The number of rotatable bonds is 2. The minimum Gasteiger partial charge on any atom is -0.403 e. The molecule has 1 heterocycles. The normalized spacial score (nSPS) is 32.2. The van der Waals surface area contributed by atoms with Gasteiger partial charge in [0.05, 0.1) is 5.60 Å². The van der Waals surface area contributed by atoms with E-state index in [9.17, 15) is 4.79 Å². The molecule has 0 N–H and O–H groups in total. The number of ketones is 1. The minimum atomic E-state index is -0.798. The van der Waals surface area contributed by atoms with E-state index in [-0.39, 0.29) is 12.9 Å². The maximum atomic E-state index is 11.4. The van der Waals surface area contributed by atoms with Crippen molar-refractivity contribution in [1.82, 2.24) is 0 Å². The average molecular weight is 184 g/mol. The maximum absolute atomic E-state index is 11.4. The third-order valence-electron chi connectivity index (χ3n) is 2.95. The average Bonchev–Trinajstić information content (AvgIpc) is 2.24. The van der Waals surface area contributed by atoms with Gasteiger partial charge in [0.2, 0.25) is 0 Å². The first kappa shape index (κ1) is 10.7. The van der Waals surface area contributed by atoms with E-state index in [0.29, 0.717) is 0 Å². The lowest BCUT2D eigenvalue weighted by Crippen LogP contribution is -2.50. The fourth-order valence-electron chi connectivity index (χ4n) is 1.54. The van der Waals surface area contributed by atoms with Crippen LogP contribution < -0.4 is 0 Å². The highest BCUT2D eigenvalue weighted by Gasteiger charge is 2.56. The van der Waals surface area contributed by atoms with Crippen molar-refractivity contribution in [2.24, 2.45) is 0 Å². The van der Waals surface area contributed by atoms with Crippen molar-refractivity contribution in [3.05, 3.63) is 0 Å². The van der Waals surface area contributed by atoms with E-state index in [4.69, 9.17) is 9.31 Å². The summed E-state index contributed by atoms with van der Waals surface area (Å²) in [6.45, 7) is 9.11. The van der Waals surface area contributed by atoms with Crippen molar-refractivity contribution in [3.8, 4) is 0 Å². The van der Waals surface area contributed by atoms with Gasteiger partial charge >= 0.3 is 7.12 Å². The van der Waals surface area contributed by atoms with Gasteiger partial charge in [0.1, 0.15) is 5.60 Å². The highest BCUT2D eigenvalue weighted by molar-refractivity contribution is 6.45. The molecule has 4 heteroatoms. The Bertz CT molecular complexity index is 227. The molecular formula is C9H17BO3. The Morgan fingerprint density at radius 1 is 1.31 bits per heavy atom. The summed E-state index contributed by atoms with van der Waals surface area (Å²) in [5.41, 5.74) is -1.33. The van der Waals surface area contributed by atoms with Gasteiger partial charge < -0.3 is 9.31 Å². The van der Waals surface area contributed by atoms with Crippen LogP contribution in [0.3, 0.4) is 0 Å². The van der Waals surface area contributed by atoms with Gasteiger partial charge in [0, 0.05) is 0 Å². The second kappa shape index (κ2) is 3.10. The number of hydrogen-bond acceptors (Lipinski definition) is 3. The lowest BCUT2D eigenvalue weighted by Gasteiger charge is -2.33. The van der Waals surface area contributed by atoms with Gasteiger partial charge in [-0.05, 0) is 34.0 Å². The Labute approximate surface area is 79.9 Å². The Morgan fingerprint density at radius 2 is 1.85 bits per heavy atom. The summed E-state index contributed by atoms with van der Waals surface area (Å²) in [5.74, 6) is 0.0217. The summed E-state index contributed by atoms with van der Waals surface area (Å²) in [6.07, 6.45) is 0.770. The summed E-state index contributed by atoms with van der Waals surface area (Å²) in [7, 11) is -0.246. The zero-order chi connectivity index (χ0) is 10.3. The summed E-state index contributed by atoms with van der Waals surface area (Å²) < 4.78 is 11.2. The molecule has 0 amide bonds. The highest BCUT2D eigenvalue weighted by atomic mass is 16.7. The van der Waals surface area contributed by atoms with Gasteiger partial charge in [-0.2, -0.15) is 0 Å².